The van der Waals surface area contributed by atoms with Crippen LogP contribution in [-0.2, 0) is 6.54 Å². The van der Waals surface area contributed by atoms with Gasteiger partial charge in [0, 0.05) is 38.1 Å². The summed E-state index contributed by atoms with van der Waals surface area (Å²) in [6.45, 7) is 2.02. The lowest BCUT2D eigenvalue weighted by Crippen LogP contribution is -2.15. The van der Waals surface area contributed by atoms with E-state index < -0.39 is 0 Å². The normalized spacial score (nSPS) is 12.9. The van der Waals surface area contributed by atoms with Crippen LogP contribution in [0.4, 0.5) is 11.4 Å². The number of anilines is 2. The molecule has 21 heavy (non-hydrogen) atoms. The second-order valence-electron chi connectivity index (χ2n) is 5.27. The van der Waals surface area contributed by atoms with Crippen LogP contribution < -0.4 is 19.7 Å². The lowest BCUT2D eigenvalue weighted by molar-refractivity contribution is 0.171. The summed E-state index contributed by atoms with van der Waals surface area (Å²) in [7, 11) is 4.09. The summed E-state index contributed by atoms with van der Waals surface area (Å²) in [6.07, 6.45) is 0. The molecular weight excluding hydrogens is 264 g/mol. The SMILES string of the molecule is CN(C)c1ccc(CNc2ccc3c(c2)OCCO3)cc1. The molecule has 0 bridgehead atoms. The van der Waals surface area contributed by atoms with Gasteiger partial charge in [0.15, 0.2) is 11.5 Å². The van der Waals surface area contributed by atoms with Crippen molar-refractivity contribution in [1.29, 1.82) is 0 Å². The lowest BCUT2D eigenvalue weighted by Gasteiger charge is -2.19. The Kier molecular flexibility index (Phi) is 3.86. The molecule has 0 amide bonds. The first kappa shape index (κ1) is 13.6. The van der Waals surface area contributed by atoms with Gasteiger partial charge in [0.2, 0.25) is 0 Å². The summed E-state index contributed by atoms with van der Waals surface area (Å²) in [5, 5.41) is 3.41. The highest BCUT2D eigenvalue weighted by Crippen LogP contribution is 2.32. The Balaban J connectivity index is 1.64. The number of benzene rings is 2. The molecule has 0 radical (unpaired) electrons. The first-order valence-corrected chi connectivity index (χ1v) is 7.12. The van der Waals surface area contributed by atoms with Crippen molar-refractivity contribution in [1.82, 2.24) is 0 Å². The molecule has 3 rings (SSSR count). The number of hydrogen-bond donors (Lipinski definition) is 1. The minimum atomic E-state index is 0.614. The summed E-state index contributed by atoms with van der Waals surface area (Å²) >= 11 is 0. The maximum atomic E-state index is 5.59. The fraction of sp³-hybridized carbons (Fsp3) is 0.294. The Labute approximate surface area is 125 Å². The zero-order valence-electron chi connectivity index (χ0n) is 12.4. The molecule has 1 N–H and O–H groups in total. The molecule has 1 aliphatic rings. The lowest BCUT2D eigenvalue weighted by atomic mass is 10.2. The van der Waals surface area contributed by atoms with Crippen LogP contribution in [0.3, 0.4) is 0 Å². The van der Waals surface area contributed by atoms with E-state index in [4.69, 9.17) is 9.47 Å². The molecule has 0 atom stereocenters. The number of fused-ring (bicyclic) bond motifs is 1. The topological polar surface area (TPSA) is 33.7 Å². The van der Waals surface area contributed by atoms with Crippen molar-refractivity contribution in [3.8, 4) is 11.5 Å². The largest absolute Gasteiger partial charge is 0.486 e. The van der Waals surface area contributed by atoms with E-state index in [1.807, 2.05) is 32.3 Å². The van der Waals surface area contributed by atoms with Crippen LogP contribution in [0.25, 0.3) is 0 Å². The van der Waals surface area contributed by atoms with E-state index in [2.05, 4.69) is 34.5 Å². The number of ether oxygens (including phenoxy) is 2. The maximum Gasteiger partial charge on any atom is 0.163 e. The van der Waals surface area contributed by atoms with E-state index in [0.29, 0.717) is 13.2 Å². The Bertz CT molecular complexity index is 609. The van der Waals surface area contributed by atoms with Crippen molar-refractivity contribution < 1.29 is 9.47 Å². The highest BCUT2D eigenvalue weighted by molar-refractivity contribution is 5.55. The third kappa shape index (κ3) is 3.21. The van der Waals surface area contributed by atoms with Gasteiger partial charge in [0.05, 0.1) is 0 Å². The number of nitrogens with zero attached hydrogens (tertiary/aromatic N) is 1. The molecular formula is C17H20N2O2. The van der Waals surface area contributed by atoms with Gasteiger partial charge in [-0.05, 0) is 29.8 Å². The van der Waals surface area contributed by atoms with E-state index in [1.54, 1.807) is 0 Å². The number of rotatable bonds is 4. The van der Waals surface area contributed by atoms with Gasteiger partial charge in [0.1, 0.15) is 13.2 Å². The van der Waals surface area contributed by atoms with Crippen LogP contribution in [0.5, 0.6) is 11.5 Å². The molecule has 0 aliphatic carbocycles. The molecule has 0 saturated carbocycles. The second-order valence-corrected chi connectivity index (χ2v) is 5.27. The zero-order chi connectivity index (χ0) is 14.7. The Hall–Kier alpha value is -2.36. The smallest absolute Gasteiger partial charge is 0.163 e. The number of hydrogen-bond acceptors (Lipinski definition) is 4. The minimum absolute atomic E-state index is 0.614. The zero-order valence-corrected chi connectivity index (χ0v) is 12.4. The third-order valence-electron chi connectivity index (χ3n) is 3.49. The maximum absolute atomic E-state index is 5.59. The van der Waals surface area contributed by atoms with Gasteiger partial charge in [-0.15, -0.1) is 0 Å². The first-order valence-electron chi connectivity index (χ1n) is 7.12. The summed E-state index contributed by atoms with van der Waals surface area (Å²) in [5.74, 6) is 1.64. The highest BCUT2D eigenvalue weighted by atomic mass is 16.6. The molecule has 110 valence electrons. The molecule has 0 spiro atoms. The van der Waals surface area contributed by atoms with Crippen LogP contribution in [0.1, 0.15) is 5.56 Å². The van der Waals surface area contributed by atoms with Gasteiger partial charge < -0.3 is 19.7 Å². The highest BCUT2D eigenvalue weighted by Gasteiger charge is 2.11. The molecule has 4 heteroatoms. The minimum Gasteiger partial charge on any atom is -0.486 e. The van der Waals surface area contributed by atoms with Crippen molar-refractivity contribution in [2.75, 3.05) is 37.5 Å². The van der Waals surface area contributed by atoms with Crippen molar-refractivity contribution in [3.63, 3.8) is 0 Å². The predicted octanol–water partition coefficient (Wildman–Crippen LogP) is 3.14. The fourth-order valence-electron chi connectivity index (χ4n) is 2.27. The average molecular weight is 284 g/mol. The van der Waals surface area contributed by atoms with E-state index in [0.717, 1.165) is 23.7 Å². The molecule has 1 heterocycles. The molecule has 0 saturated heterocycles. The predicted molar refractivity (Wildman–Crippen MR) is 85.5 cm³/mol. The van der Waals surface area contributed by atoms with Crippen LogP contribution in [0.2, 0.25) is 0 Å². The van der Waals surface area contributed by atoms with Crippen molar-refractivity contribution in [2.45, 2.75) is 6.54 Å². The molecule has 0 aromatic heterocycles. The number of nitrogens with one attached hydrogen (secondary N) is 1. The van der Waals surface area contributed by atoms with E-state index >= 15 is 0 Å². The molecule has 4 nitrogen and oxygen atoms in total. The monoisotopic (exact) mass is 284 g/mol. The average Bonchev–Trinajstić information content (AvgIpc) is 2.53. The summed E-state index contributed by atoms with van der Waals surface area (Å²) in [4.78, 5) is 2.10. The van der Waals surface area contributed by atoms with E-state index in [-0.39, 0.29) is 0 Å². The fourth-order valence-corrected chi connectivity index (χ4v) is 2.27. The molecule has 2 aromatic carbocycles. The first-order chi connectivity index (χ1) is 10.2. The third-order valence-corrected chi connectivity index (χ3v) is 3.49. The summed E-state index contributed by atoms with van der Waals surface area (Å²) < 4.78 is 11.1. The van der Waals surface area contributed by atoms with Gasteiger partial charge >= 0.3 is 0 Å². The molecule has 2 aromatic rings. The van der Waals surface area contributed by atoms with Crippen LogP contribution >= 0.6 is 0 Å². The standard InChI is InChI=1S/C17H20N2O2/c1-19(2)15-6-3-13(4-7-15)12-18-14-5-8-16-17(11-14)21-10-9-20-16/h3-8,11,18H,9-10,12H2,1-2H3. The molecule has 0 unspecified atom stereocenters. The molecule has 1 aliphatic heterocycles. The Morgan fingerprint density at radius 3 is 2.38 bits per heavy atom. The van der Waals surface area contributed by atoms with Gasteiger partial charge in [0.25, 0.3) is 0 Å². The van der Waals surface area contributed by atoms with Gasteiger partial charge in [-0.3, -0.25) is 0 Å². The molecule has 0 fully saturated rings. The van der Waals surface area contributed by atoms with Gasteiger partial charge in [-0.25, -0.2) is 0 Å². The quantitative estimate of drug-likeness (QED) is 0.935. The van der Waals surface area contributed by atoms with E-state index in [1.165, 1.54) is 11.3 Å². The van der Waals surface area contributed by atoms with Crippen molar-refractivity contribution in [2.24, 2.45) is 0 Å². The van der Waals surface area contributed by atoms with Crippen molar-refractivity contribution >= 4 is 11.4 Å². The van der Waals surface area contributed by atoms with Crippen LogP contribution in [-0.4, -0.2) is 27.3 Å². The van der Waals surface area contributed by atoms with Crippen molar-refractivity contribution in [3.05, 3.63) is 48.0 Å². The van der Waals surface area contributed by atoms with Crippen LogP contribution in [0, 0.1) is 0 Å². The van der Waals surface area contributed by atoms with Gasteiger partial charge in [-0.1, -0.05) is 12.1 Å². The Morgan fingerprint density at radius 2 is 1.67 bits per heavy atom. The summed E-state index contributed by atoms with van der Waals surface area (Å²) in [6, 6.07) is 14.5. The Morgan fingerprint density at radius 1 is 0.952 bits per heavy atom. The van der Waals surface area contributed by atoms with E-state index in [9.17, 15) is 0 Å². The second kappa shape index (κ2) is 5.95. The van der Waals surface area contributed by atoms with Gasteiger partial charge in [-0.2, -0.15) is 0 Å². The van der Waals surface area contributed by atoms with Crippen LogP contribution in [0.15, 0.2) is 42.5 Å². The summed E-state index contributed by atoms with van der Waals surface area (Å²) in [5.41, 5.74) is 3.49.